The van der Waals surface area contributed by atoms with Gasteiger partial charge in [-0.05, 0) is 12.1 Å². The third kappa shape index (κ3) is 1.94. The molecule has 0 saturated heterocycles. The van der Waals surface area contributed by atoms with Crippen molar-refractivity contribution in [3.8, 4) is 5.75 Å². The molecule has 0 fully saturated rings. The quantitative estimate of drug-likeness (QED) is 0.781. The molecule has 6 heteroatoms. The number of fused-ring (bicyclic) bond motifs is 1. The molecule has 2 N–H and O–H groups in total. The molecule has 0 radical (unpaired) electrons. The monoisotopic (exact) mass is 240 g/mol. The summed E-state index contributed by atoms with van der Waals surface area (Å²) in [5, 5.41) is 0.326. The normalized spacial score (nSPS) is 10.6. The highest BCUT2D eigenvalue weighted by atomic mass is 35.5. The van der Waals surface area contributed by atoms with Gasteiger partial charge in [0.15, 0.2) is 0 Å². The van der Waals surface area contributed by atoms with Crippen LogP contribution in [0.5, 0.6) is 5.75 Å². The molecule has 2 aromatic rings. The zero-order valence-electron chi connectivity index (χ0n) is 8.25. The highest BCUT2D eigenvalue weighted by molar-refractivity contribution is 6.18. The van der Waals surface area contributed by atoms with Crippen molar-refractivity contribution in [1.82, 2.24) is 9.97 Å². The van der Waals surface area contributed by atoms with Crippen molar-refractivity contribution in [2.75, 3.05) is 12.5 Å². The first-order valence-corrected chi connectivity index (χ1v) is 5.20. The van der Waals surface area contributed by atoms with E-state index in [4.69, 9.17) is 16.3 Å². The summed E-state index contributed by atoms with van der Waals surface area (Å²) < 4.78 is 5.32. The molecule has 1 heterocycles. The fourth-order valence-electron chi connectivity index (χ4n) is 1.46. The van der Waals surface area contributed by atoms with Crippen LogP contribution in [0.3, 0.4) is 0 Å². The van der Waals surface area contributed by atoms with Gasteiger partial charge in [0.1, 0.15) is 17.7 Å². The molecule has 1 aromatic heterocycles. The topological polar surface area (TPSA) is 74.9 Å². The lowest BCUT2D eigenvalue weighted by Crippen LogP contribution is -2.22. The number of H-pyrrole nitrogens is 2. The number of alkyl halides is 1. The van der Waals surface area contributed by atoms with Gasteiger partial charge in [-0.1, -0.05) is 6.07 Å². The molecule has 0 amide bonds. The first kappa shape index (κ1) is 10.8. The Kier molecular flexibility index (Phi) is 2.96. The van der Waals surface area contributed by atoms with E-state index in [1.54, 1.807) is 18.2 Å². The van der Waals surface area contributed by atoms with Gasteiger partial charge in [-0.3, -0.25) is 9.78 Å². The van der Waals surface area contributed by atoms with E-state index >= 15 is 0 Å². The largest absolute Gasteiger partial charge is 0.491 e. The number of hydrogen-bond acceptors (Lipinski definition) is 3. The minimum Gasteiger partial charge on any atom is -0.491 e. The van der Waals surface area contributed by atoms with E-state index in [-0.39, 0.29) is 0 Å². The SMILES string of the molecule is O=c1[nH]c(=O)c2c(OCCCl)cccc2[nH]1. The molecule has 0 saturated carbocycles. The van der Waals surface area contributed by atoms with Crippen molar-refractivity contribution in [2.24, 2.45) is 0 Å². The fourth-order valence-corrected chi connectivity index (χ4v) is 1.53. The summed E-state index contributed by atoms with van der Waals surface area (Å²) in [5.41, 5.74) is -0.559. The van der Waals surface area contributed by atoms with Crippen molar-refractivity contribution in [2.45, 2.75) is 0 Å². The molecular formula is C10H9ClN2O3. The molecule has 5 nitrogen and oxygen atoms in total. The number of benzene rings is 1. The van der Waals surface area contributed by atoms with Crippen LogP contribution in [0.15, 0.2) is 27.8 Å². The van der Waals surface area contributed by atoms with E-state index in [1.165, 1.54) is 0 Å². The number of aromatic amines is 2. The summed E-state index contributed by atoms with van der Waals surface area (Å²) in [4.78, 5) is 27.3. The summed E-state index contributed by atoms with van der Waals surface area (Å²) in [6.07, 6.45) is 0. The molecular weight excluding hydrogens is 232 g/mol. The lowest BCUT2D eigenvalue weighted by Gasteiger charge is -2.06. The van der Waals surface area contributed by atoms with Crippen LogP contribution in [0.25, 0.3) is 10.9 Å². The number of ether oxygens (including phenoxy) is 1. The van der Waals surface area contributed by atoms with Crippen LogP contribution in [0, 0.1) is 0 Å². The van der Waals surface area contributed by atoms with Gasteiger partial charge < -0.3 is 9.72 Å². The Labute approximate surface area is 95.0 Å². The van der Waals surface area contributed by atoms with Gasteiger partial charge in [0.25, 0.3) is 5.56 Å². The van der Waals surface area contributed by atoms with Crippen LogP contribution in [-0.2, 0) is 0 Å². The molecule has 0 unspecified atom stereocenters. The Bertz CT molecular complexity index is 617. The smallest absolute Gasteiger partial charge is 0.326 e. The zero-order chi connectivity index (χ0) is 11.5. The van der Waals surface area contributed by atoms with E-state index < -0.39 is 11.2 Å². The van der Waals surface area contributed by atoms with Gasteiger partial charge in [-0.15, -0.1) is 11.6 Å². The molecule has 0 bridgehead atoms. The molecule has 84 valence electrons. The first-order valence-electron chi connectivity index (χ1n) is 4.66. The Morgan fingerprint density at radius 3 is 2.81 bits per heavy atom. The Balaban J connectivity index is 2.67. The van der Waals surface area contributed by atoms with Gasteiger partial charge >= 0.3 is 5.69 Å². The number of aromatic nitrogens is 2. The maximum absolute atomic E-state index is 11.6. The first-order chi connectivity index (χ1) is 7.72. The molecule has 0 aliphatic heterocycles. The fraction of sp³-hybridized carbons (Fsp3) is 0.200. The molecule has 1 aromatic carbocycles. The third-order valence-electron chi connectivity index (χ3n) is 2.06. The summed E-state index contributed by atoms with van der Waals surface area (Å²) in [7, 11) is 0. The predicted molar refractivity (Wildman–Crippen MR) is 61.4 cm³/mol. The second-order valence-electron chi connectivity index (χ2n) is 3.12. The summed E-state index contributed by atoms with van der Waals surface area (Å²) in [6, 6.07) is 4.99. The molecule has 0 atom stereocenters. The van der Waals surface area contributed by atoms with E-state index in [0.29, 0.717) is 29.1 Å². The van der Waals surface area contributed by atoms with E-state index in [1.807, 2.05) is 0 Å². The maximum Gasteiger partial charge on any atom is 0.326 e. The van der Waals surface area contributed by atoms with Crippen molar-refractivity contribution in [3.05, 3.63) is 39.0 Å². The number of nitrogens with one attached hydrogen (secondary N) is 2. The molecule has 0 aliphatic carbocycles. The minimum atomic E-state index is -0.535. The standard InChI is InChI=1S/C10H9ClN2O3/c11-4-5-16-7-3-1-2-6-8(7)9(14)13-10(15)12-6/h1-3H,4-5H2,(H2,12,13,14,15). The zero-order valence-corrected chi connectivity index (χ0v) is 9.00. The van der Waals surface area contributed by atoms with Crippen LogP contribution in [0.2, 0.25) is 0 Å². The summed E-state index contributed by atoms with van der Waals surface area (Å²) in [5.74, 6) is 0.744. The van der Waals surface area contributed by atoms with Crippen molar-refractivity contribution in [3.63, 3.8) is 0 Å². The van der Waals surface area contributed by atoms with Gasteiger partial charge in [0, 0.05) is 0 Å². The maximum atomic E-state index is 11.6. The average Bonchev–Trinajstić information content (AvgIpc) is 2.25. The highest BCUT2D eigenvalue weighted by Crippen LogP contribution is 2.19. The van der Waals surface area contributed by atoms with Crippen molar-refractivity contribution in [1.29, 1.82) is 0 Å². The minimum absolute atomic E-state index is 0.305. The van der Waals surface area contributed by atoms with Gasteiger partial charge in [-0.25, -0.2) is 4.79 Å². The van der Waals surface area contributed by atoms with Crippen molar-refractivity contribution >= 4 is 22.5 Å². The number of halogens is 1. The molecule has 16 heavy (non-hydrogen) atoms. The lowest BCUT2D eigenvalue weighted by molar-refractivity contribution is 0.346. The Morgan fingerprint density at radius 1 is 1.25 bits per heavy atom. The van der Waals surface area contributed by atoms with Crippen molar-refractivity contribution < 1.29 is 4.74 Å². The van der Waals surface area contributed by atoms with E-state index in [2.05, 4.69) is 9.97 Å². The second-order valence-corrected chi connectivity index (χ2v) is 3.50. The highest BCUT2D eigenvalue weighted by Gasteiger charge is 2.06. The van der Waals surface area contributed by atoms with E-state index in [9.17, 15) is 9.59 Å². The molecule has 0 aliphatic rings. The predicted octanol–water partition coefficient (Wildman–Crippen LogP) is 0.834. The Hall–Kier alpha value is -1.75. The van der Waals surface area contributed by atoms with Gasteiger partial charge in [0.05, 0.1) is 11.4 Å². The second kappa shape index (κ2) is 4.40. The average molecular weight is 241 g/mol. The van der Waals surface area contributed by atoms with Crippen LogP contribution in [0.4, 0.5) is 0 Å². The van der Waals surface area contributed by atoms with Crippen LogP contribution in [-0.4, -0.2) is 22.5 Å². The summed E-state index contributed by atoms with van der Waals surface area (Å²) >= 11 is 5.50. The number of hydrogen-bond donors (Lipinski definition) is 2. The summed E-state index contributed by atoms with van der Waals surface area (Å²) in [6.45, 7) is 0.305. The molecule has 2 rings (SSSR count). The molecule has 0 spiro atoms. The van der Waals surface area contributed by atoms with Gasteiger partial charge in [-0.2, -0.15) is 0 Å². The number of rotatable bonds is 3. The Morgan fingerprint density at radius 2 is 2.06 bits per heavy atom. The van der Waals surface area contributed by atoms with E-state index in [0.717, 1.165) is 0 Å². The third-order valence-corrected chi connectivity index (χ3v) is 2.22. The van der Waals surface area contributed by atoms with Gasteiger partial charge in [0.2, 0.25) is 0 Å². The lowest BCUT2D eigenvalue weighted by atomic mass is 10.2. The van der Waals surface area contributed by atoms with Crippen LogP contribution >= 0.6 is 11.6 Å². The van der Waals surface area contributed by atoms with Crippen LogP contribution < -0.4 is 16.0 Å². The van der Waals surface area contributed by atoms with Crippen LogP contribution in [0.1, 0.15) is 0 Å².